The first kappa shape index (κ1) is 67.7. The van der Waals surface area contributed by atoms with Gasteiger partial charge in [0.05, 0.1) is 149 Å². The maximum absolute atomic E-state index is 14.0. The Morgan fingerprint density at radius 2 is 1.11 bits per heavy atom. The minimum absolute atomic E-state index is 0.00484. The van der Waals surface area contributed by atoms with E-state index in [0.717, 1.165) is 61.3 Å². The molecule has 1 amide bonds. The standard InChI is InChI=1S/C57H83F4N5O13S/c1-5-15-66(57(68)46-38-51-50(63-52(62)39-46)40-47(80-51)9-7-6-8-16-64(2)3)43-45-12-10-44(11-13-45)42-65(4)17-19-70-21-23-72-25-27-74-29-31-76-33-35-78-37-36-77-34-32-75-30-28-73-26-24-71-22-20-69-18-14-53(67)79-56-54(60)48(58)41-49(59)55(56)61/h10-13,16,38,40-41H,5-9,14-15,17-37,39,42-43H2,1-4H3,(H-,62,63,68)/p+1. The average Bonchev–Trinajstić information content (AvgIpc) is 3.74. The molecule has 80 heavy (non-hydrogen) atoms. The molecule has 0 unspecified atom stereocenters. The molecule has 0 fully saturated rings. The van der Waals surface area contributed by atoms with E-state index in [0.29, 0.717) is 143 Å². The van der Waals surface area contributed by atoms with Gasteiger partial charge in [-0.2, -0.15) is 8.78 Å². The van der Waals surface area contributed by atoms with Crippen molar-refractivity contribution in [2.75, 3.05) is 166 Å². The third kappa shape index (κ3) is 28.8. The molecule has 1 aliphatic rings. The van der Waals surface area contributed by atoms with Gasteiger partial charge in [0.15, 0.2) is 11.6 Å². The summed E-state index contributed by atoms with van der Waals surface area (Å²) in [5, 5.41) is 0. The van der Waals surface area contributed by atoms with Crippen LogP contribution in [0.3, 0.4) is 0 Å². The Hall–Kier alpha value is -4.76. The molecule has 3 aromatic rings. The Morgan fingerprint density at radius 3 is 1.59 bits per heavy atom. The number of hydrogen-bond acceptors (Lipinski definition) is 17. The first-order valence-corrected chi connectivity index (χ1v) is 28.2. The molecule has 0 aliphatic carbocycles. The van der Waals surface area contributed by atoms with Crippen molar-refractivity contribution >= 4 is 47.0 Å². The summed E-state index contributed by atoms with van der Waals surface area (Å²) in [6.07, 6.45) is 9.28. The highest BCUT2D eigenvalue weighted by Crippen LogP contribution is 2.36. The van der Waals surface area contributed by atoms with E-state index >= 15 is 0 Å². The molecule has 2 N–H and O–H groups in total. The number of unbranched alkanes of at least 4 members (excludes halogenated alkanes) is 2. The van der Waals surface area contributed by atoms with E-state index in [2.05, 4.69) is 83.8 Å². The number of rotatable bonds is 46. The monoisotopic (exact) mass is 1150 g/mol. The quantitative estimate of drug-likeness (QED) is 0.0114. The molecular weight excluding hydrogens is 1070 g/mol. The van der Waals surface area contributed by atoms with Gasteiger partial charge >= 0.3 is 5.97 Å². The van der Waals surface area contributed by atoms with Gasteiger partial charge in [-0.15, -0.1) is 11.3 Å². The third-order valence-corrected chi connectivity index (χ3v) is 12.8. The summed E-state index contributed by atoms with van der Waals surface area (Å²) in [4.78, 5) is 36.8. The normalized spacial score (nSPS) is 12.4. The smallest absolute Gasteiger partial charge is 0.313 e. The van der Waals surface area contributed by atoms with Crippen molar-refractivity contribution in [1.29, 1.82) is 0 Å². The average molecular weight is 1160 g/mol. The zero-order valence-electron chi connectivity index (χ0n) is 47.1. The van der Waals surface area contributed by atoms with Gasteiger partial charge in [0.2, 0.25) is 17.4 Å². The summed E-state index contributed by atoms with van der Waals surface area (Å²) in [7, 11) is 6.17. The van der Waals surface area contributed by atoms with Crippen molar-refractivity contribution in [3.8, 4) is 5.75 Å². The fraction of sp³-hybridized carbons (Fsp3) is 0.614. The van der Waals surface area contributed by atoms with E-state index in [9.17, 15) is 27.2 Å². The highest BCUT2D eigenvalue weighted by molar-refractivity contribution is 7.13. The van der Waals surface area contributed by atoms with Crippen LogP contribution in [-0.4, -0.2) is 205 Å². The summed E-state index contributed by atoms with van der Waals surface area (Å²) in [6, 6.07) is 10.6. The van der Waals surface area contributed by atoms with E-state index in [1.165, 1.54) is 10.4 Å². The first-order chi connectivity index (χ1) is 38.8. The summed E-state index contributed by atoms with van der Waals surface area (Å²) in [5.74, 6) is -9.03. The molecule has 4 rings (SSSR count). The number of amides is 1. The molecule has 2 aromatic carbocycles. The van der Waals surface area contributed by atoms with Crippen LogP contribution in [0.5, 0.6) is 5.75 Å². The van der Waals surface area contributed by atoms with Gasteiger partial charge in [0.25, 0.3) is 5.91 Å². The molecule has 0 bridgehead atoms. The number of hydrogen-bond donors (Lipinski definition) is 1. The number of benzene rings is 2. The number of aliphatic imine (C=N–C) groups is 1. The predicted octanol–water partition coefficient (Wildman–Crippen LogP) is 7.17. The van der Waals surface area contributed by atoms with Crippen LogP contribution in [0.25, 0.3) is 6.08 Å². The van der Waals surface area contributed by atoms with E-state index in [1.807, 2.05) is 11.0 Å². The van der Waals surface area contributed by atoms with Crippen molar-refractivity contribution in [2.24, 2.45) is 10.7 Å². The second-order valence-corrected chi connectivity index (χ2v) is 19.9. The Bertz CT molecular complexity index is 2300. The van der Waals surface area contributed by atoms with Crippen molar-refractivity contribution in [1.82, 2.24) is 9.80 Å². The molecule has 0 saturated carbocycles. The molecular formula is C57H84F4N5O13S+. The molecule has 0 atom stereocenters. The van der Waals surface area contributed by atoms with Crippen LogP contribution in [0.1, 0.15) is 66.3 Å². The second kappa shape index (κ2) is 41.3. The maximum atomic E-state index is 14.0. The molecule has 18 nitrogen and oxygen atoms in total. The summed E-state index contributed by atoms with van der Waals surface area (Å²) >= 11 is 1.71. The number of aryl methyl sites for hydroxylation is 1. The van der Waals surface area contributed by atoms with Crippen molar-refractivity contribution in [3.63, 3.8) is 0 Å². The molecule has 2 heterocycles. The third-order valence-electron chi connectivity index (χ3n) is 11.7. The van der Waals surface area contributed by atoms with Crippen LogP contribution in [0.15, 0.2) is 47.0 Å². The van der Waals surface area contributed by atoms with E-state index in [4.69, 9.17) is 53.1 Å². The number of esters is 1. The Kier molecular flexibility index (Phi) is 34.9. The van der Waals surface area contributed by atoms with Crippen molar-refractivity contribution in [2.45, 2.75) is 65.0 Å². The lowest BCUT2D eigenvalue weighted by Gasteiger charge is -2.24. The Morgan fingerprint density at radius 1 is 0.650 bits per heavy atom. The number of carbonyl (C=O) groups excluding carboxylic acids is 2. The van der Waals surface area contributed by atoms with Crippen LogP contribution in [-0.2, 0) is 76.5 Å². The van der Waals surface area contributed by atoms with Crippen LogP contribution >= 0.6 is 11.3 Å². The number of thiophene rings is 1. The lowest BCUT2D eigenvalue weighted by Crippen LogP contribution is -2.33. The van der Waals surface area contributed by atoms with Gasteiger partial charge < -0.3 is 62.7 Å². The number of halogens is 4. The SMILES string of the molecule is CCCN(Cc1ccc(CN(C)CCOCCOCCOCCOCCOCCOCCOCCOCCOCCOCCC(=O)Oc2c(F)c(F)cc(F)c2F)cc1)C(=O)C1=Cc2sc(CCCCC=[N+](C)C)cc2N=C(N)C1. The molecule has 0 spiro atoms. The van der Waals surface area contributed by atoms with Crippen molar-refractivity contribution in [3.05, 3.63) is 86.1 Å². The zero-order valence-corrected chi connectivity index (χ0v) is 47.9. The Labute approximate surface area is 473 Å². The number of nitrogens with zero attached hydrogens (tertiary/aromatic N) is 4. The number of carbonyl (C=O) groups is 2. The minimum Gasteiger partial charge on any atom is -0.420 e. The van der Waals surface area contributed by atoms with Gasteiger partial charge in [-0.1, -0.05) is 31.2 Å². The molecule has 0 radical (unpaired) electrons. The van der Waals surface area contributed by atoms with Gasteiger partial charge in [-0.3, -0.25) is 14.5 Å². The number of amidine groups is 1. The van der Waals surface area contributed by atoms with Crippen molar-refractivity contribution < 1.29 is 83.8 Å². The second-order valence-electron chi connectivity index (χ2n) is 18.7. The Balaban J connectivity index is 0.876. The topological polar surface area (TPSA) is 184 Å². The zero-order chi connectivity index (χ0) is 57.6. The lowest BCUT2D eigenvalue weighted by molar-refractivity contribution is -0.460. The van der Waals surface area contributed by atoms with Crippen LogP contribution in [0, 0.1) is 23.3 Å². The highest BCUT2D eigenvalue weighted by atomic mass is 32.1. The fourth-order valence-electron chi connectivity index (χ4n) is 7.64. The highest BCUT2D eigenvalue weighted by Gasteiger charge is 2.24. The number of nitrogens with two attached hydrogens (primary N) is 1. The summed E-state index contributed by atoms with van der Waals surface area (Å²) < 4.78 is 115. The lowest BCUT2D eigenvalue weighted by atomic mass is 10.1. The first-order valence-electron chi connectivity index (χ1n) is 27.4. The van der Waals surface area contributed by atoms with E-state index in [-0.39, 0.29) is 31.8 Å². The fourth-order valence-corrected chi connectivity index (χ4v) is 8.75. The largest absolute Gasteiger partial charge is 0.420 e. The summed E-state index contributed by atoms with van der Waals surface area (Å²) in [6.45, 7) is 12.3. The van der Waals surface area contributed by atoms with Gasteiger partial charge in [0, 0.05) is 55.5 Å². The van der Waals surface area contributed by atoms with Crippen LogP contribution in [0.4, 0.5) is 23.2 Å². The number of fused-ring (bicyclic) bond motifs is 1. The van der Waals surface area contributed by atoms with Crippen LogP contribution in [0.2, 0.25) is 0 Å². The molecule has 1 aliphatic heterocycles. The number of likely N-dealkylation sites (N-methyl/N-ethyl adjacent to an activating group) is 1. The maximum Gasteiger partial charge on any atom is 0.313 e. The van der Waals surface area contributed by atoms with E-state index < -0.39 is 41.4 Å². The predicted molar refractivity (Wildman–Crippen MR) is 297 cm³/mol. The summed E-state index contributed by atoms with van der Waals surface area (Å²) in [5.41, 5.74) is 10.2. The van der Waals surface area contributed by atoms with Gasteiger partial charge in [-0.25, -0.2) is 18.3 Å². The van der Waals surface area contributed by atoms with Crippen LogP contribution < -0.4 is 10.5 Å². The minimum atomic E-state index is -1.80. The molecule has 23 heteroatoms. The molecule has 1 aromatic heterocycles. The van der Waals surface area contributed by atoms with E-state index in [1.54, 1.807) is 11.3 Å². The molecule has 0 saturated heterocycles. The van der Waals surface area contributed by atoms with Gasteiger partial charge in [-0.05, 0) is 56.0 Å². The molecule has 448 valence electrons. The number of ether oxygens (including phenoxy) is 11. The van der Waals surface area contributed by atoms with Gasteiger partial charge in [0.1, 0.15) is 26.1 Å².